The second-order valence-electron chi connectivity index (χ2n) is 8.36. The maximum atomic E-state index is 13.7. The van der Waals surface area contributed by atoms with Gasteiger partial charge in [0.15, 0.2) is 4.80 Å². The minimum Gasteiger partial charge on any atom is -0.497 e. The second-order valence-corrected chi connectivity index (χ2v) is 9.37. The molecule has 11 heteroatoms. The van der Waals surface area contributed by atoms with Crippen molar-refractivity contribution in [2.24, 2.45) is 4.99 Å². The molecule has 10 nitrogen and oxygen atoms in total. The zero-order valence-corrected chi connectivity index (χ0v) is 21.4. The lowest BCUT2D eigenvalue weighted by molar-refractivity contribution is -0.384. The minimum absolute atomic E-state index is 0.0518. The fourth-order valence-corrected chi connectivity index (χ4v) is 5.31. The van der Waals surface area contributed by atoms with Crippen LogP contribution in [0.1, 0.15) is 24.3 Å². The summed E-state index contributed by atoms with van der Waals surface area (Å²) in [4.78, 5) is 42.0. The molecule has 5 rings (SSSR count). The smallest absolute Gasteiger partial charge is 0.338 e. The van der Waals surface area contributed by atoms with E-state index in [9.17, 15) is 19.7 Å². The maximum absolute atomic E-state index is 13.7. The number of carbonyl (C=O) groups excluding carboxylic acids is 1. The second kappa shape index (κ2) is 9.94. The van der Waals surface area contributed by atoms with Gasteiger partial charge >= 0.3 is 5.97 Å². The van der Waals surface area contributed by atoms with Gasteiger partial charge in [0.1, 0.15) is 17.3 Å². The van der Waals surface area contributed by atoms with Crippen molar-refractivity contribution in [2.45, 2.75) is 13.0 Å². The number of aromatic nitrogens is 1. The molecule has 38 heavy (non-hydrogen) atoms. The standard InChI is InChI=1S/C27H21N3O7S/c1-15-23(26(32)36-3)24(16-7-9-19(35-2)10-8-16)29-25(31)22(38-27(29)28-15)14-20-11-12-21(37-20)17-5-4-6-18(13-17)30(33)34/h4-14,24H,1-3H3. The predicted octanol–water partition coefficient (Wildman–Crippen LogP) is 3.59. The summed E-state index contributed by atoms with van der Waals surface area (Å²) in [6, 6.07) is 15.8. The van der Waals surface area contributed by atoms with Crippen molar-refractivity contribution in [3.63, 3.8) is 0 Å². The van der Waals surface area contributed by atoms with Gasteiger partial charge in [-0.3, -0.25) is 19.5 Å². The van der Waals surface area contributed by atoms with E-state index >= 15 is 0 Å². The Bertz CT molecular complexity index is 1780. The number of esters is 1. The van der Waals surface area contributed by atoms with Crippen LogP contribution in [0.5, 0.6) is 5.75 Å². The molecule has 0 saturated heterocycles. The molecular weight excluding hydrogens is 510 g/mol. The number of furan rings is 1. The van der Waals surface area contributed by atoms with Crippen LogP contribution in [0.2, 0.25) is 0 Å². The van der Waals surface area contributed by atoms with Gasteiger partial charge in [-0.15, -0.1) is 0 Å². The number of hydrogen-bond donors (Lipinski definition) is 0. The highest BCUT2D eigenvalue weighted by atomic mass is 32.1. The monoisotopic (exact) mass is 531 g/mol. The highest BCUT2D eigenvalue weighted by Crippen LogP contribution is 2.31. The number of methoxy groups -OCH3 is 2. The average Bonchev–Trinajstić information content (AvgIpc) is 3.52. The Kier molecular flexibility index (Phi) is 6.52. The fourth-order valence-electron chi connectivity index (χ4n) is 4.28. The summed E-state index contributed by atoms with van der Waals surface area (Å²) < 4.78 is 18.0. The lowest BCUT2D eigenvalue weighted by atomic mass is 9.96. The van der Waals surface area contributed by atoms with Gasteiger partial charge in [0.05, 0.1) is 41.0 Å². The zero-order chi connectivity index (χ0) is 27.0. The molecule has 0 radical (unpaired) electrons. The van der Waals surface area contributed by atoms with Crippen molar-refractivity contribution in [3.05, 3.63) is 113 Å². The molecule has 0 aliphatic carbocycles. The number of non-ortho nitro benzene ring substituents is 1. The molecule has 1 unspecified atom stereocenters. The van der Waals surface area contributed by atoms with Crippen LogP contribution in [-0.4, -0.2) is 29.7 Å². The van der Waals surface area contributed by atoms with E-state index in [4.69, 9.17) is 13.9 Å². The third kappa shape index (κ3) is 4.43. The predicted molar refractivity (Wildman–Crippen MR) is 140 cm³/mol. The number of rotatable bonds is 6. The maximum Gasteiger partial charge on any atom is 0.338 e. The topological polar surface area (TPSA) is 126 Å². The molecule has 1 atom stereocenters. The molecular formula is C27H21N3O7S. The first kappa shape index (κ1) is 24.9. The van der Waals surface area contributed by atoms with Gasteiger partial charge in [-0.25, -0.2) is 9.79 Å². The van der Waals surface area contributed by atoms with Gasteiger partial charge in [-0.05, 0) is 36.8 Å². The number of hydrogen-bond acceptors (Lipinski definition) is 9. The Hall–Kier alpha value is -4.77. The van der Waals surface area contributed by atoms with Crippen molar-refractivity contribution in [1.82, 2.24) is 4.57 Å². The molecule has 0 fully saturated rings. The van der Waals surface area contributed by atoms with Crippen molar-refractivity contribution in [3.8, 4) is 17.1 Å². The first-order valence-corrected chi connectivity index (χ1v) is 12.2. The van der Waals surface area contributed by atoms with E-state index < -0.39 is 16.9 Å². The summed E-state index contributed by atoms with van der Waals surface area (Å²) in [6.45, 7) is 1.71. The molecule has 3 heterocycles. The van der Waals surface area contributed by atoms with Gasteiger partial charge in [-0.2, -0.15) is 0 Å². The molecule has 4 aromatic rings. The largest absolute Gasteiger partial charge is 0.497 e. The first-order valence-electron chi connectivity index (χ1n) is 11.4. The lowest BCUT2D eigenvalue weighted by Gasteiger charge is -2.24. The molecule has 2 aromatic carbocycles. The molecule has 1 aliphatic heterocycles. The Morgan fingerprint density at radius 1 is 1.16 bits per heavy atom. The third-order valence-electron chi connectivity index (χ3n) is 6.10. The lowest BCUT2D eigenvalue weighted by Crippen LogP contribution is -2.39. The highest BCUT2D eigenvalue weighted by molar-refractivity contribution is 7.07. The number of nitro benzene ring substituents is 1. The van der Waals surface area contributed by atoms with Crippen LogP contribution in [0, 0.1) is 10.1 Å². The summed E-state index contributed by atoms with van der Waals surface area (Å²) in [5.74, 6) is 0.877. The molecule has 0 N–H and O–H groups in total. The van der Waals surface area contributed by atoms with E-state index in [1.54, 1.807) is 68.6 Å². The molecule has 0 spiro atoms. The normalized spacial score (nSPS) is 15.1. The van der Waals surface area contributed by atoms with E-state index in [-0.39, 0.29) is 16.8 Å². The van der Waals surface area contributed by atoms with Crippen LogP contribution in [-0.2, 0) is 9.53 Å². The Balaban J connectivity index is 1.61. The van der Waals surface area contributed by atoms with Crippen molar-refractivity contribution in [1.29, 1.82) is 0 Å². The Morgan fingerprint density at radius 2 is 1.92 bits per heavy atom. The van der Waals surface area contributed by atoms with Crippen LogP contribution in [0.25, 0.3) is 17.4 Å². The summed E-state index contributed by atoms with van der Waals surface area (Å²) in [5, 5.41) is 11.1. The van der Waals surface area contributed by atoms with Gasteiger partial charge in [0, 0.05) is 23.8 Å². The summed E-state index contributed by atoms with van der Waals surface area (Å²) >= 11 is 1.17. The zero-order valence-electron chi connectivity index (χ0n) is 20.5. The number of allylic oxidation sites excluding steroid dienone is 1. The number of benzene rings is 2. The SMILES string of the molecule is COC(=O)C1=C(C)N=c2sc(=Cc3ccc(-c4cccc([N+](=O)[O-])c4)o3)c(=O)n2C1c1ccc(OC)cc1. The number of ether oxygens (including phenoxy) is 2. The number of fused-ring (bicyclic) bond motifs is 1. The molecule has 1 aliphatic rings. The van der Waals surface area contributed by atoms with Crippen molar-refractivity contribution >= 4 is 29.1 Å². The molecule has 0 amide bonds. The van der Waals surface area contributed by atoms with E-state index in [1.807, 2.05) is 0 Å². The van der Waals surface area contributed by atoms with E-state index in [1.165, 1.54) is 35.1 Å². The van der Waals surface area contributed by atoms with Crippen LogP contribution >= 0.6 is 11.3 Å². The number of thiazole rings is 1. The molecule has 2 aromatic heterocycles. The van der Waals surface area contributed by atoms with E-state index in [0.29, 0.717) is 43.4 Å². The molecule has 192 valence electrons. The van der Waals surface area contributed by atoms with Crippen LogP contribution in [0.3, 0.4) is 0 Å². The first-order chi connectivity index (χ1) is 18.3. The third-order valence-corrected chi connectivity index (χ3v) is 7.08. The Morgan fingerprint density at radius 3 is 2.61 bits per heavy atom. The summed E-state index contributed by atoms with van der Waals surface area (Å²) in [7, 11) is 2.84. The van der Waals surface area contributed by atoms with Gasteiger partial charge in [0.2, 0.25) is 0 Å². The average molecular weight is 532 g/mol. The summed E-state index contributed by atoms with van der Waals surface area (Å²) in [6.07, 6.45) is 1.59. The van der Waals surface area contributed by atoms with Crippen molar-refractivity contribution < 1.29 is 23.6 Å². The molecule has 0 saturated carbocycles. The van der Waals surface area contributed by atoms with Gasteiger partial charge < -0.3 is 13.9 Å². The van der Waals surface area contributed by atoms with Gasteiger partial charge in [-0.1, -0.05) is 35.6 Å². The van der Waals surface area contributed by atoms with Crippen LogP contribution in [0.15, 0.2) is 86.1 Å². The Labute approximate surface area is 219 Å². The minimum atomic E-state index is -0.746. The molecule has 0 bridgehead atoms. The van der Waals surface area contributed by atoms with Crippen LogP contribution < -0.4 is 19.6 Å². The number of nitrogens with zero attached hydrogens (tertiary/aromatic N) is 3. The van der Waals surface area contributed by atoms with Gasteiger partial charge in [0.25, 0.3) is 11.2 Å². The quantitative estimate of drug-likeness (QED) is 0.211. The van der Waals surface area contributed by atoms with Crippen molar-refractivity contribution in [2.75, 3.05) is 14.2 Å². The number of carbonyl (C=O) groups is 1. The highest BCUT2D eigenvalue weighted by Gasteiger charge is 2.33. The van der Waals surface area contributed by atoms with Crippen LogP contribution in [0.4, 0.5) is 5.69 Å². The fraction of sp³-hybridized carbons (Fsp3) is 0.148. The summed E-state index contributed by atoms with van der Waals surface area (Å²) in [5.41, 5.74) is 1.55. The number of nitro groups is 1. The van der Waals surface area contributed by atoms with E-state index in [2.05, 4.69) is 4.99 Å². The van der Waals surface area contributed by atoms with E-state index in [0.717, 1.165) is 0 Å².